The Bertz CT molecular complexity index is 433. The molecule has 1 aromatic rings. The molecule has 0 fully saturated rings. The van der Waals surface area contributed by atoms with Gasteiger partial charge in [-0.2, -0.15) is 0 Å². The quantitative estimate of drug-likeness (QED) is 0.844. The normalized spacial score (nSPS) is 11.9. The number of amides is 1. The van der Waals surface area contributed by atoms with Gasteiger partial charge in [-0.1, -0.05) is 42.9 Å². The van der Waals surface area contributed by atoms with E-state index in [1.807, 2.05) is 19.1 Å². The van der Waals surface area contributed by atoms with E-state index in [0.717, 1.165) is 5.56 Å². The molecule has 0 aromatic heterocycles. The lowest BCUT2D eigenvalue weighted by Crippen LogP contribution is -2.36. The first kappa shape index (κ1) is 14.9. The molecule has 1 atom stereocenters. The summed E-state index contributed by atoms with van der Waals surface area (Å²) in [6.07, 6.45) is 0.359. The highest BCUT2D eigenvalue weighted by molar-refractivity contribution is 7.80. The van der Waals surface area contributed by atoms with Crippen LogP contribution in [0, 0.1) is 5.92 Å². The zero-order chi connectivity index (χ0) is 13.7. The summed E-state index contributed by atoms with van der Waals surface area (Å²) in [5.41, 5.74) is 6.48. The van der Waals surface area contributed by atoms with Gasteiger partial charge in [-0.3, -0.25) is 4.79 Å². The van der Waals surface area contributed by atoms with Crippen molar-refractivity contribution in [2.24, 2.45) is 11.7 Å². The molecule has 0 saturated carbocycles. The topological polar surface area (TPSA) is 46.3 Å². The molecule has 3 nitrogen and oxygen atoms in total. The molecule has 0 heterocycles. The SMILES string of the molecule is CC(CN(C)C(=O)Cc1ccc(Cl)cc1)C(N)=S. The summed E-state index contributed by atoms with van der Waals surface area (Å²) in [4.78, 5) is 14.0. The van der Waals surface area contributed by atoms with E-state index < -0.39 is 0 Å². The summed E-state index contributed by atoms with van der Waals surface area (Å²) >= 11 is 10.7. The van der Waals surface area contributed by atoms with Crippen LogP contribution in [0.25, 0.3) is 0 Å². The molecule has 5 heteroatoms. The number of hydrogen-bond donors (Lipinski definition) is 1. The van der Waals surface area contributed by atoms with E-state index in [4.69, 9.17) is 29.6 Å². The van der Waals surface area contributed by atoms with Crippen molar-refractivity contribution in [3.8, 4) is 0 Å². The van der Waals surface area contributed by atoms with E-state index in [-0.39, 0.29) is 11.8 Å². The minimum atomic E-state index is 0.0270. The van der Waals surface area contributed by atoms with Crippen LogP contribution in [0.2, 0.25) is 5.02 Å². The van der Waals surface area contributed by atoms with Crippen LogP contribution in [-0.4, -0.2) is 29.4 Å². The molecule has 18 heavy (non-hydrogen) atoms. The average molecular weight is 285 g/mol. The number of benzene rings is 1. The maximum Gasteiger partial charge on any atom is 0.226 e. The molecule has 0 aliphatic rings. The third kappa shape index (κ3) is 4.63. The molecule has 1 aromatic carbocycles. The monoisotopic (exact) mass is 284 g/mol. The zero-order valence-corrected chi connectivity index (χ0v) is 12.1. The number of carbonyl (C=O) groups is 1. The lowest BCUT2D eigenvalue weighted by atomic mass is 10.1. The molecular weight excluding hydrogens is 268 g/mol. The van der Waals surface area contributed by atoms with Gasteiger partial charge in [0.1, 0.15) is 0 Å². The molecule has 1 unspecified atom stereocenters. The molecule has 0 bridgehead atoms. The molecule has 0 aliphatic heterocycles. The van der Waals surface area contributed by atoms with Crippen LogP contribution in [0.15, 0.2) is 24.3 Å². The van der Waals surface area contributed by atoms with Crippen molar-refractivity contribution >= 4 is 34.7 Å². The first-order chi connectivity index (χ1) is 8.40. The third-order valence-electron chi connectivity index (χ3n) is 2.73. The largest absolute Gasteiger partial charge is 0.393 e. The average Bonchev–Trinajstić information content (AvgIpc) is 2.31. The lowest BCUT2D eigenvalue weighted by Gasteiger charge is -2.21. The number of hydrogen-bond acceptors (Lipinski definition) is 2. The summed E-state index contributed by atoms with van der Waals surface area (Å²) < 4.78 is 0. The summed E-state index contributed by atoms with van der Waals surface area (Å²) in [5.74, 6) is 0.0691. The fourth-order valence-electron chi connectivity index (χ4n) is 1.51. The van der Waals surface area contributed by atoms with Crippen molar-refractivity contribution < 1.29 is 4.79 Å². The van der Waals surface area contributed by atoms with Crippen molar-refractivity contribution in [3.05, 3.63) is 34.9 Å². The molecule has 1 rings (SSSR count). The van der Waals surface area contributed by atoms with E-state index in [2.05, 4.69) is 0 Å². The first-order valence-electron chi connectivity index (χ1n) is 5.68. The van der Waals surface area contributed by atoms with Crippen LogP contribution in [-0.2, 0) is 11.2 Å². The third-order valence-corrected chi connectivity index (χ3v) is 3.38. The summed E-state index contributed by atoms with van der Waals surface area (Å²) in [5, 5.41) is 0.668. The smallest absolute Gasteiger partial charge is 0.226 e. The molecule has 0 aliphatic carbocycles. The molecule has 98 valence electrons. The van der Waals surface area contributed by atoms with Crippen molar-refractivity contribution in [1.29, 1.82) is 0 Å². The highest BCUT2D eigenvalue weighted by atomic mass is 35.5. The van der Waals surface area contributed by atoms with E-state index in [9.17, 15) is 4.79 Å². The Morgan fingerprint density at radius 3 is 2.50 bits per heavy atom. The van der Waals surface area contributed by atoms with Gasteiger partial charge in [0.2, 0.25) is 5.91 Å². The van der Waals surface area contributed by atoms with Gasteiger partial charge in [-0.05, 0) is 17.7 Å². The maximum absolute atomic E-state index is 12.0. The van der Waals surface area contributed by atoms with Gasteiger partial charge in [-0.15, -0.1) is 0 Å². The lowest BCUT2D eigenvalue weighted by molar-refractivity contribution is -0.129. The Hall–Kier alpha value is -1.13. The van der Waals surface area contributed by atoms with Crippen molar-refractivity contribution in [1.82, 2.24) is 4.90 Å². The number of likely N-dealkylation sites (N-methyl/N-ethyl adjacent to an activating group) is 1. The van der Waals surface area contributed by atoms with Crippen molar-refractivity contribution in [2.75, 3.05) is 13.6 Å². The van der Waals surface area contributed by atoms with Crippen LogP contribution in [0.4, 0.5) is 0 Å². The minimum Gasteiger partial charge on any atom is -0.393 e. The molecule has 2 N–H and O–H groups in total. The second-order valence-electron chi connectivity index (χ2n) is 4.38. The Labute approximate surface area is 118 Å². The van der Waals surface area contributed by atoms with Crippen LogP contribution in [0.1, 0.15) is 12.5 Å². The van der Waals surface area contributed by atoms with E-state index in [1.165, 1.54) is 0 Å². The van der Waals surface area contributed by atoms with E-state index in [1.54, 1.807) is 24.1 Å². The van der Waals surface area contributed by atoms with E-state index in [0.29, 0.717) is 23.0 Å². The molecule has 0 radical (unpaired) electrons. The molecular formula is C13H17ClN2OS. The Morgan fingerprint density at radius 1 is 1.44 bits per heavy atom. The van der Waals surface area contributed by atoms with E-state index >= 15 is 0 Å². The second-order valence-corrected chi connectivity index (χ2v) is 5.29. The highest BCUT2D eigenvalue weighted by Crippen LogP contribution is 2.11. The summed E-state index contributed by atoms with van der Waals surface area (Å²) in [6, 6.07) is 7.26. The fraction of sp³-hybridized carbons (Fsp3) is 0.385. The van der Waals surface area contributed by atoms with Crippen molar-refractivity contribution in [2.45, 2.75) is 13.3 Å². The second kappa shape index (κ2) is 6.71. The predicted molar refractivity (Wildman–Crippen MR) is 78.7 cm³/mol. The first-order valence-corrected chi connectivity index (χ1v) is 6.46. The molecule has 0 saturated heterocycles. The van der Waals surface area contributed by atoms with Crippen LogP contribution in [0.3, 0.4) is 0 Å². The molecule has 1 amide bonds. The van der Waals surface area contributed by atoms with Crippen molar-refractivity contribution in [3.63, 3.8) is 0 Å². The number of thiocarbonyl (C=S) groups is 1. The number of rotatable bonds is 5. The van der Waals surface area contributed by atoms with Crippen LogP contribution in [0.5, 0.6) is 0 Å². The van der Waals surface area contributed by atoms with Gasteiger partial charge in [-0.25, -0.2) is 0 Å². The standard InChI is InChI=1S/C13H17ClN2OS/c1-9(13(15)18)8-16(2)12(17)7-10-3-5-11(14)6-4-10/h3-6,9H,7-8H2,1-2H3,(H2,15,18). The number of carbonyl (C=O) groups excluding carboxylic acids is 1. The van der Waals surface area contributed by atoms with Gasteiger partial charge in [0.15, 0.2) is 0 Å². The van der Waals surface area contributed by atoms with Gasteiger partial charge >= 0.3 is 0 Å². The van der Waals surface area contributed by atoms with Crippen LogP contribution >= 0.6 is 23.8 Å². The molecule has 0 spiro atoms. The van der Waals surface area contributed by atoms with Gasteiger partial charge < -0.3 is 10.6 Å². The Morgan fingerprint density at radius 2 is 2.00 bits per heavy atom. The summed E-state index contributed by atoms with van der Waals surface area (Å²) in [7, 11) is 1.76. The Balaban J connectivity index is 2.54. The van der Waals surface area contributed by atoms with Crippen LogP contribution < -0.4 is 5.73 Å². The minimum absolute atomic E-state index is 0.0270. The highest BCUT2D eigenvalue weighted by Gasteiger charge is 2.14. The fourth-order valence-corrected chi connectivity index (χ4v) is 1.71. The van der Waals surface area contributed by atoms with Gasteiger partial charge in [0.05, 0.1) is 11.4 Å². The zero-order valence-electron chi connectivity index (χ0n) is 10.5. The van der Waals surface area contributed by atoms with Gasteiger partial charge in [0.25, 0.3) is 0 Å². The Kier molecular flexibility index (Phi) is 5.56. The number of nitrogens with zero attached hydrogens (tertiary/aromatic N) is 1. The number of nitrogens with two attached hydrogens (primary N) is 1. The number of halogens is 1. The maximum atomic E-state index is 12.0. The predicted octanol–water partition coefficient (Wildman–Crippen LogP) is 2.26. The summed E-state index contributed by atoms with van der Waals surface area (Å²) in [6.45, 7) is 2.45. The van der Waals surface area contributed by atoms with Gasteiger partial charge in [0, 0.05) is 24.5 Å².